The predicted molar refractivity (Wildman–Crippen MR) is 89.9 cm³/mol. The van der Waals surface area contributed by atoms with E-state index in [1.807, 2.05) is 23.1 Å². The Balaban J connectivity index is 1.45. The highest BCUT2D eigenvalue weighted by Gasteiger charge is 2.57. The number of likely N-dealkylation sites (tertiary alicyclic amines) is 1. The molecular weight excluding hydrogens is 288 g/mol. The maximum atomic E-state index is 12.6. The third-order valence-electron chi connectivity index (χ3n) is 5.01. The van der Waals surface area contributed by atoms with Crippen molar-refractivity contribution in [1.29, 1.82) is 0 Å². The second-order valence-corrected chi connectivity index (χ2v) is 6.78. The van der Waals surface area contributed by atoms with Crippen LogP contribution in [0.4, 0.5) is 0 Å². The Labute approximate surface area is 138 Å². The summed E-state index contributed by atoms with van der Waals surface area (Å²) in [4.78, 5) is 27.0. The van der Waals surface area contributed by atoms with Gasteiger partial charge in [-0.1, -0.05) is 30.3 Å². The van der Waals surface area contributed by atoms with E-state index in [1.165, 1.54) is 12.0 Å². The summed E-state index contributed by atoms with van der Waals surface area (Å²) in [5.41, 5.74) is 0.552. The smallest absolute Gasteiger partial charge is 0.238 e. The summed E-state index contributed by atoms with van der Waals surface area (Å²) in [5.74, 6) is 0.0129. The SMILES string of the molecule is O=C(NCCCc1ccccc1)C1(C(=O)N2CCCCC2)CC1. The molecule has 3 rings (SSSR count). The van der Waals surface area contributed by atoms with Gasteiger partial charge in [-0.15, -0.1) is 0 Å². The lowest BCUT2D eigenvalue weighted by atomic mass is 10.0. The topological polar surface area (TPSA) is 49.4 Å². The van der Waals surface area contributed by atoms with E-state index in [4.69, 9.17) is 0 Å². The molecule has 4 heteroatoms. The maximum absolute atomic E-state index is 12.6. The normalized spacial score (nSPS) is 19.2. The highest BCUT2D eigenvalue weighted by molar-refractivity contribution is 6.07. The molecule has 1 heterocycles. The molecule has 0 bridgehead atoms. The molecule has 0 radical (unpaired) electrons. The first-order valence-corrected chi connectivity index (χ1v) is 8.84. The molecule has 1 saturated carbocycles. The fourth-order valence-corrected chi connectivity index (χ4v) is 3.37. The largest absolute Gasteiger partial charge is 0.355 e. The summed E-state index contributed by atoms with van der Waals surface area (Å²) < 4.78 is 0. The van der Waals surface area contributed by atoms with E-state index >= 15 is 0 Å². The number of piperidine rings is 1. The van der Waals surface area contributed by atoms with Crippen molar-refractivity contribution in [3.63, 3.8) is 0 Å². The second-order valence-electron chi connectivity index (χ2n) is 6.78. The number of benzene rings is 1. The molecule has 1 aromatic carbocycles. The standard InChI is InChI=1S/C19H26N2O2/c22-17(20-13-7-10-16-8-3-1-4-9-16)19(11-12-19)18(23)21-14-5-2-6-15-21/h1,3-4,8-9H,2,5-7,10-15H2,(H,20,22). The predicted octanol–water partition coefficient (Wildman–Crippen LogP) is 2.53. The number of amides is 2. The molecule has 23 heavy (non-hydrogen) atoms. The molecule has 1 aliphatic carbocycles. The van der Waals surface area contributed by atoms with Crippen molar-refractivity contribution < 1.29 is 9.59 Å². The van der Waals surface area contributed by atoms with Gasteiger partial charge in [0.15, 0.2) is 0 Å². The molecule has 124 valence electrons. The fourth-order valence-electron chi connectivity index (χ4n) is 3.37. The molecule has 2 fully saturated rings. The molecule has 1 N–H and O–H groups in total. The van der Waals surface area contributed by atoms with Crippen LogP contribution in [-0.4, -0.2) is 36.3 Å². The number of carbonyl (C=O) groups is 2. The average molecular weight is 314 g/mol. The zero-order valence-corrected chi connectivity index (χ0v) is 13.7. The van der Waals surface area contributed by atoms with Crippen LogP contribution in [-0.2, 0) is 16.0 Å². The quantitative estimate of drug-likeness (QED) is 0.648. The fraction of sp³-hybridized carbons (Fsp3) is 0.579. The van der Waals surface area contributed by atoms with E-state index < -0.39 is 5.41 Å². The highest BCUT2D eigenvalue weighted by Crippen LogP contribution is 2.47. The van der Waals surface area contributed by atoms with Crippen molar-refractivity contribution in [2.75, 3.05) is 19.6 Å². The number of rotatable bonds is 6. The first kappa shape index (κ1) is 16.0. The third kappa shape index (κ3) is 3.74. The van der Waals surface area contributed by atoms with Crippen molar-refractivity contribution in [3.8, 4) is 0 Å². The van der Waals surface area contributed by atoms with Gasteiger partial charge < -0.3 is 10.2 Å². The van der Waals surface area contributed by atoms with Crippen molar-refractivity contribution in [3.05, 3.63) is 35.9 Å². The minimum Gasteiger partial charge on any atom is -0.355 e. The van der Waals surface area contributed by atoms with Gasteiger partial charge in [0.1, 0.15) is 5.41 Å². The van der Waals surface area contributed by atoms with Gasteiger partial charge in [-0.05, 0) is 50.5 Å². The van der Waals surface area contributed by atoms with Crippen LogP contribution >= 0.6 is 0 Å². The lowest BCUT2D eigenvalue weighted by Gasteiger charge is -2.30. The van der Waals surface area contributed by atoms with Crippen LogP contribution in [0.5, 0.6) is 0 Å². The summed E-state index contributed by atoms with van der Waals surface area (Å²) in [6, 6.07) is 10.3. The van der Waals surface area contributed by atoms with Gasteiger partial charge >= 0.3 is 0 Å². The highest BCUT2D eigenvalue weighted by atomic mass is 16.2. The van der Waals surface area contributed by atoms with E-state index in [1.54, 1.807) is 0 Å². The Kier molecular flexibility index (Phi) is 4.99. The molecule has 2 amide bonds. The maximum Gasteiger partial charge on any atom is 0.238 e. The lowest BCUT2D eigenvalue weighted by Crippen LogP contribution is -2.47. The summed E-state index contributed by atoms with van der Waals surface area (Å²) >= 11 is 0. The van der Waals surface area contributed by atoms with Crippen molar-refractivity contribution in [1.82, 2.24) is 10.2 Å². The summed E-state index contributed by atoms with van der Waals surface area (Å²) in [6.07, 6.45) is 6.63. The van der Waals surface area contributed by atoms with Gasteiger partial charge in [0.25, 0.3) is 0 Å². The molecule has 0 aromatic heterocycles. The minimum absolute atomic E-state index is 0.0545. The second kappa shape index (κ2) is 7.16. The Morgan fingerprint density at radius 1 is 1.04 bits per heavy atom. The van der Waals surface area contributed by atoms with Crippen LogP contribution in [0.1, 0.15) is 44.1 Å². The molecular formula is C19H26N2O2. The van der Waals surface area contributed by atoms with Gasteiger partial charge in [-0.25, -0.2) is 0 Å². The van der Waals surface area contributed by atoms with Crippen LogP contribution in [0.3, 0.4) is 0 Å². The van der Waals surface area contributed by atoms with E-state index in [0.717, 1.165) is 38.8 Å². The van der Waals surface area contributed by atoms with Crippen LogP contribution in [0.25, 0.3) is 0 Å². The molecule has 2 aliphatic rings. The van der Waals surface area contributed by atoms with Crippen LogP contribution in [0.2, 0.25) is 0 Å². The van der Waals surface area contributed by atoms with E-state index in [0.29, 0.717) is 19.4 Å². The van der Waals surface area contributed by atoms with Gasteiger partial charge in [0, 0.05) is 19.6 Å². The van der Waals surface area contributed by atoms with Gasteiger partial charge in [0.2, 0.25) is 11.8 Å². The summed E-state index contributed by atoms with van der Waals surface area (Å²) in [5, 5.41) is 2.99. The van der Waals surface area contributed by atoms with Crippen LogP contribution < -0.4 is 5.32 Å². The Morgan fingerprint density at radius 3 is 2.39 bits per heavy atom. The number of nitrogens with zero attached hydrogens (tertiary/aromatic N) is 1. The van der Waals surface area contributed by atoms with Crippen LogP contribution in [0, 0.1) is 5.41 Å². The van der Waals surface area contributed by atoms with Crippen molar-refractivity contribution in [2.24, 2.45) is 5.41 Å². The lowest BCUT2D eigenvalue weighted by molar-refractivity contribution is -0.144. The molecule has 1 aliphatic heterocycles. The van der Waals surface area contributed by atoms with E-state index in [9.17, 15) is 9.59 Å². The number of carbonyl (C=O) groups excluding carboxylic acids is 2. The molecule has 0 unspecified atom stereocenters. The number of hydrogen-bond donors (Lipinski definition) is 1. The average Bonchev–Trinajstić information content (AvgIpc) is 3.41. The zero-order chi connectivity index (χ0) is 16.1. The first-order chi connectivity index (χ1) is 11.2. The Hall–Kier alpha value is -1.84. The molecule has 4 nitrogen and oxygen atoms in total. The van der Waals surface area contributed by atoms with E-state index in [-0.39, 0.29) is 11.8 Å². The van der Waals surface area contributed by atoms with Crippen LogP contribution in [0.15, 0.2) is 30.3 Å². The van der Waals surface area contributed by atoms with E-state index in [2.05, 4.69) is 17.4 Å². The van der Waals surface area contributed by atoms with Gasteiger partial charge in [-0.2, -0.15) is 0 Å². The van der Waals surface area contributed by atoms with Gasteiger partial charge in [0.05, 0.1) is 0 Å². The zero-order valence-electron chi connectivity index (χ0n) is 13.7. The summed E-state index contributed by atoms with van der Waals surface area (Å²) in [7, 11) is 0. The summed E-state index contributed by atoms with van der Waals surface area (Å²) in [6.45, 7) is 2.28. The Morgan fingerprint density at radius 2 is 1.74 bits per heavy atom. The number of hydrogen-bond acceptors (Lipinski definition) is 2. The van der Waals surface area contributed by atoms with Crippen molar-refractivity contribution in [2.45, 2.75) is 44.9 Å². The molecule has 1 aromatic rings. The monoisotopic (exact) mass is 314 g/mol. The minimum atomic E-state index is -0.732. The Bertz CT molecular complexity index is 546. The number of nitrogens with one attached hydrogen (secondary N) is 1. The molecule has 1 saturated heterocycles. The van der Waals surface area contributed by atoms with Crippen molar-refractivity contribution >= 4 is 11.8 Å². The first-order valence-electron chi connectivity index (χ1n) is 8.84. The van der Waals surface area contributed by atoms with Gasteiger partial charge in [-0.3, -0.25) is 9.59 Å². The molecule has 0 spiro atoms. The number of aryl methyl sites for hydroxylation is 1. The molecule has 0 atom stereocenters. The third-order valence-corrected chi connectivity index (χ3v) is 5.01.